The Kier molecular flexibility index (Phi) is 5.47. The largest absolute Gasteiger partial charge is 0.384 e. The van der Waals surface area contributed by atoms with Gasteiger partial charge in [0.25, 0.3) is 5.91 Å². The molecule has 2 rings (SSSR count). The van der Waals surface area contributed by atoms with Crippen LogP contribution in [0.15, 0.2) is 46.9 Å². The summed E-state index contributed by atoms with van der Waals surface area (Å²) in [5, 5.41) is 2.81. The van der Waals surface area contributed by atoms with E-state index < -0.39 is 5.82 Å². The second-order valence-electron chi connectivity index (χ2n) is 4.48. The number of nitrogens with one attached hydrogen (secondary N) is 1. The molecule has 1 amide bonds. The van der Waals surface area contributed by atoms with Crippen LogP contribution in [0.5, 0.6) is 0 Å². The minimum atomic E-state index is -0.448. The van der Waals surface area contributed by atoms with Gasteiger partial charge in [0, 0.05) is 17.3 Å². The van der Waals surface area contributed by atoms with Crippen molar-refractivity contribution in [3.05, 3.63) is 63.9 Å². The molecule has 0 heterocycles. The van der Waals surface area contributed by atoms with Crippen LogP contribution in [0.4, 0.5) is 10.1 Å². The molecule has 0 radical (unpaired) electrons. The van der Waals surface area contributed by atoms with Crippen molar-refractivity contribution in [2.75, 3.05) is 19.0 Å². The normalized spacial score (nSPS) is 10.4. The molecular weight excluding hydrogens is 337 g/mol. The molecule has 0 spiro atoms. The summed E-state index contributed by atoms with van der Waals surface area (Å²) < 4.78 is 18.9. The first-order valence-corrected chi connectivity index (χ1v) is 7.24. The van der Waals surface area contributed by atoms with Gasteiger partial charge in [-0.3, -0.25) is 4.79 Å². The second kappa shape index (κ2) is 7.33. The quantitative estimate of drug-likeness (QED) is 0.882. The van der Waals surface area contributed by atoms with Gasteiger partial charge >= 0.3 is 0 Å². The Labute approximate surface area is 131 Å². The highest BCUT2D eigenvalue weighted by molar-refractivity contribution is 9.10. The predicted molar refractivity (Wildman–Crippen MR) is 84.1 cm³/mol. The fraction of sp³-hybridized carbons (Fsp3) is 0.188. The van der Waals surface area contributed by atoms with Gasteiger partial charge in [0.05, 0.1) is 12.2 Å². The average Bonchev–Trinajstić information content (AvgIpc) is 2.48. The van der Waals surface area contributed by atoms with Crippen LogP contribution in [0.3, 0.4) is 0 Å². The van der Waals surface area contributed by atoms with Crippen LogP contribution in [-0.2, 0) is 11.2 Å². The van der Waals surface area contributed by atoms with E-state index in [1.54, 1.807) is 7.11 Å². The van der Waals surface area contributed by atoms with Gasteiger partial charge in [0.2, 0.25) is 0 Å². The van der Waals surface area contributed by atoms with Crippen molar-refractivity contribution in [2.24, 2.45) is 0 Å². The van der Waals surface area contributed by atoms with Crippen LogP contribution in [0.25, 0.3) is 0 Å². The Bertz CT molecular complexity index is 646. The van der Waals surface area contributed by atoms with Crippen molar-refractivity contribution in [2.45, 2.75) is 6.42 Å². The van der Waals surface area contributed by atoms with Gasteiger partial charge in [-0.1, -0.05) is 18.2 Å². The van der Waals surface area contributed by atoms with Crippen LogP contribution in [0, 0.1) is 5.82 Å². The first-order valence-electron chi connectivity index (χ1n) is 6.45. The molecule has 0 aliphatic carbocycles. The number of para-hydroxylation sites is 1. The maximum absolute atomic E-state index is 13.3. The number of hydrogen-bond donors (Lipinski definition) is 1. The number of rotatable bonds is 5. The smallest absolute Gasteiger partial charge is 0.256 e. The zero-order valence-corrected chi connectivity index (χ0v) is 13.1. The minimum Gasteiger partial charge on any atom is -0.384 e. The van der Waals surface area contributed by atoms with Crippen molar-refractivity contribution in [3.8, 4) is 0 Å². The van der Waals surface area contributed by atoms with Crippen molar-refractivity contribution in [3.63, 3.8) is 0 Å². The van der Waals surface area contributed by atoms with Crippen LogP contribution in [-0.4, -0.2) is 19.6 Å². The molecule has 0 aliphatic rings. The van der Waals surface area contributed by atoms with E-state index in [-0.39, 0.29) is 11.5 Å². The first-order chi connectivity index (χ1) is 10.1. The summed E-state index contributed by atoms with van der Waals surface area (Å²) in [7, 11) is 1.63. The summed E-state index contributed by atoms with van der Waals surface area (Å²) in [5.74, 6) is -0.803. The van der Waals surface area contributed by atoms with Gasteiger partial charge in [-0.15, -0.1) is 0 Å². The van der Waals surface area contributed by atoms with E-state index in [1.165, 1.54) is 18.2 Å². The van der Waals surface area contributed by atoms with Crippen LogP contribution in [0.1, 0.15) is 15.9 Å². The van der Waals surface area contributed by atoms with Gasteiger partial charge < -0.3 is 10.1 Å². The molecule has 0 aromatic heterocycles. The Morgan fingerprint density at radius 1 is 1.29 bits per heavy atom. The maximum Gasteiger partial charge on any atom is 0.256 e. The summed E-state index contributed by atoms with van der Waals surface area (Å²) in [5.41, 5.74) is 1.94. The Balaban J connectivity index is 2.21. The molecule has 0 saturated heterocycles. The van der Waals surface area contributed by atoms with Crippen molar-refractivity contribution in [1.82, 2.24) is 0 Å². The number of carbonyl (C=O) groups is 1. The fourth-order valence-electron chi connectivity index (χ4n) is 1.93. The first kappa shape index (κ1) is 15.7. The van der Waals surface area contributed by atoms with Gasteiger partial charge in [0.15, 0.2) is 0 Å². The van der Waals surface area contributed by atoms with Gasteiger partial charge in [-0.05, 0) is 52.2 Å². The molecule has 5 heteroatoms. The minimum absolute atomic E-state index is 0.261. The number of amides is 1. The third-order valence-electron chi connectivity index (χ3n) is 3.01. The molecule has 0 saturated carbocycles. The molecule has 1 N–H and O–H groups in total. The molecule has 2 aromatic rings. The Morgan fingerprint density at radius 2 is 2.05 bits per heavy atom. The van der Waals surface area contributed by atoms with Crippen molar-refractivity contribution < 1.29 is 13.9 Å². The van der Waals surface area contributed by atoms with E-state index in [0.29, 0.717) is 23.2 Å². The van der Waals surface area contributed by atoms with Gasteiger partial charge in [-0.25, -0.2) is 4.39 Å². The van der Waals surface area contributed by atoms with E-state index in [4.69, 9.17) is 4.74 Å². The van der Waals surface area contributed by atoms with E-state index in [1.807, 2.05) is 24.3 Å². The SMILES string of the molecule is COCCc1ccccc1NC(=O)c1cc(F)ccc1Br. The highest BCUT2D eigenvalue weighted by Crippen LogP contribution is 2.21. The summed E-state index contributed by atoms with van der Waals surface area (Å²) in [6.07, 6.45) is 0.692. The molecule has 2 aromatic carbocycles. The highest BCUT2D eigenvalue weighted by Gasteiger charge is 2.13. The van der Waals surface area contributed by atoms with Crippen molar-refractivity contribution in [1.29, 1.82) is 0 Å². The van der Waals surface area contributed by atoms with Gasteiger partial charge in [0.1, 0.15) is 5.82 Å². The lowest BCUT2D eigenvalue weighted by Gasteiger charge is -2.11. The van der Waals surface area contributed by atoms with Gasteiger partial charge in [-0.2, -0.15) is 0 Å². The molecule has 0 fully saturated rings. The molecule has 0 bridgehead atoms. The van der Waals surface area contributed by atoms with E-state index in [9.17, 15) is 9.18 Å². The second-order valence-corrected chi connectivity index (χ2v) is 5.33. The fourth-order valence-corrected chi connectivity index (χ4v) is 2.36. The lowest BCUT2D eigenvalue weighted by molar-refractivity contribution is 0.102. The monoisotopic (exact) mass is 351 g/mol. The lowest BCUT2D eigenvalue weighted by atomic mass is 10.1. The average molecular weight is 352 g/mol. The molecular formula is C16H15BrFNO2. The third kappa shape index (κ3) is 4.12. The number of halogens is 2. The molecule has 0 unspecified atom stereocenters. The van der Waals surface area contributed by atoms with E-state index in [0.717, 1.165) is 5.56 Å². The Morgan fingerprint density at radius 3 is 2.81 bits per heavy atom. The van der Waals surface area contributed by atoms with E-state index in [2.05, 4.69) is 21.2 Å². The van der Waals surface area contributed by atoms with Crippen LogP contribution >= 0.6 is 15.9 Å². The van der Waals surface area contributed by atoms with Crippen molar-refractivity contribution >= 4 is 27.5 Å². The van der Waals surface area contributed by atoms with E-state index >= 15 is 0 Å². The summed E-state index contributed by atoms with van der Waals surface area (Å²) in [6.45, 7) is 0.566. The number of methoxy groups -OCH3 is 1. The highest BCUT2D eigenvalue weighted by atomic mass is 79.9. The number of benzene rings is 2. The zero-order valence-electron chi connectivity index (χ0n) is 11.5. The molecule has 0 aliphatic heterocycles. The maximum atomic E-state index is 13.3. The standard InChI is InChI=1S/C16H15BrFNO2/c1-21-9-8-11-4-2-3-5-15(11)19-16(20)13-10-12(18)6-7-14(13)17/h2-7,10H,8-9H2,1H3,(H,19,20). The number of carbonyl (C=O) groups excluding carboxylic acids is 1. The number of ether oxygens (including phenoxy) is 1. The Hall–Kier alpha value is -1.72. The molecule has 0 atom stereocenters. The number of hydrogen-bond acceptors (Lipinski definition) is 2. The molecule has 3 nitrogen and oxygen atoms in total. The molecule has 110 valence electrons. The predicted octanol–water partition coefficient (Wildman–Crippen LogP) is 4.03. The summed E-state index contributed by atoms with van der Waals surface area (Å²) in [6, 6.07) is 11.5. The number of anilines is 1. The zero-order chi connectivity index (χ0) is 15.2. The van der Waals surface area contributed by atoms with Crippen LogP contribution in [0.2, 0.25) is 0 Å². The third-order valence-corrected chi connectivity index (χ3v) is 3.71. The molecule has 21 heavy (non-hydrogen) atoms. The van der Waals surface area contributed by atoms with Crippen LogP contribution < -0.4 is 5.32 Å². The summed E-state index contributed by atoms with van der Waals surface area (Å²) >= 11 is 3.26. The summed E-state index contributed by atoms with van der Waals surface area (Å²) in [4.78, 5) is 12.3. The topological polar surface area (TPSA) is 38.3 Å². The lowest BCUT2D eigenvalue weighted by Crippen LogP contribution is -2.14.